The van der Waals surface area contributed by atoms with Crippen LogP contribution < -0.4 is 10.1 Å². The van der Waals surface area contributed by atoms with Crippen LogP contribution in [0.4, 0.5) is 0 Å². The summed E-state index contributed by atoms with van der Waals surface area (Å²) in [6.07, 6.45) is 6.70. The van der Waals surface area contributed by atoms with Gasteiger partial charge in [-0.05, 0) is 63.5 Å². The van der Waals surface area contributed by atoms with Crippen molar-refractivity contribution in [3.05, 3.63) is 29.8 Å². The highest BCUT2D eigenvalue weighted by Crippen LogP contribution is 2.15. The molecule has 0 saturated carbocycles. The van der Waals surface area contributed by atoms with Crippen LogP contribution in [0.3, 0.4) is 0 Å². The molecular weight excluding hydrogens is 248 g/mol. The molecule has 0 aromatic heterocycles. The zero-order chi connectivity index (χ0) is 14.2. The van der Waals surface area contributed by atoms with Crippen LogP contribution in [0.2, 0.25) is 0 Å². The van der Waals surface area contributed by atoms with Crippen LogP contribution in [0, 0.1) is 0 Å². The van der Waals surface area contributed by atoms with Gasteiger partial charge in [-0.2, -0.15) is 0 Å². The summed E-state index contributed by atoms with van der Waals surface area (Å²) >= 11 is 0. The number of nitrogens with one attached hydrogen (secondary N) is 1. The molecule has 1 aliphatic rings. The van der Waals surface area contributed by atoms with Crippen molar-refractivity contribution in [2.24, 2.45) is 0 Å². The van der Waals surface area contributed by atoms with E-state index >= 15 is 0 Å². The number of rotatable bonds is 7. The third kappa shape index (κ3) is 5.14. The van der Waals surface area contributed by atoms with Gasteiger partial charge in [0, 0.05) is 12.6 Å². The number of piperidine rings is 1. The summed E-state index contributed by atoms with van der Waals surface area (Å²) in [7, 11) is 3.92. The van der Waals surface area contributed by atoms with Gasteiger partial charge < -0.3 is 15.0 Å². The Morgan fingerprint density at radius 3 is 3.00 bits per heavy atom. The van der Waals surface area contributed by atoms with Crippen LogP contribution in [0.25, 0.3) is 0 Å². The van der Waals surface area contributed by atoms with E-state index in [4.69, 9.17) is 4.74 Å². The summed E-state index contributed by atoms with van der Waals surface area (Å²) in [5.74, 6) is 0.947. The predicted molar refractivity (Wildman–Crippen MR) is 84.2 cm³/mol. The molecule has 1 saturated heterocycles. The molecule has 0 amide bonds. The normalized spacial score (nSPS) is 19.2. The summed E-state index contributed by atoms with van der Waals surface area (Å²) in [5, 5.41) is 3.62. The van der Waals surface area contributed by atoms with Crippen molar-refractivity contribution < 1.29 is 4.74 Å². The van der Waals surface area contributed by atoms with E-state index in [0.29, 0.717) is 0 Å². The molecule has 1 aliphatic heterocycles. The first kappa shape index (κ1) is 15.3. The smallest absolute Gasteiger partial charge is 0.119 e. The lowest BCUT2D eigenvalue weighted by Gasteiger charge is -2.24. The number of ether oxygens (including phenoxy) is 1. The molecule has 112 valence electrons. The highest BCUT2D eigenvalue weighted by Gasteiger charge is 2.12. The topological polar surface area (TPSA) is 24.5 Å². The first-order valence-electron chi connectivity index (χ1n) is 7.83. The minimum absolute atomic E-state index is 0.758. The minimum atomic E-state index is 0.758. The summed E-state index contributed by atoms with van der Waals surface area (Å²) in [5.41, 5.74) is 1.32. The molecule has 1 N–H and O–H groups in total. The third-order valence-electron chi connectivity index (χ3n) is 4.09. The molecule has 1 atom stereocenters. The Hall–Kier alpha value is -1.06. The van der Waals surface area contributed by atoms with Crippen LogP contribution in [0.1, 0.15) is 37.7 Å². The number of hydrogen-bond donors (Lipinski definition) is 1. The Bertz CT molecular complexity index is 388. The van der Waals surface area contributed by atoms with E-state index in [0.717, 1.165) is 24.9 Å². The highest BCUT2D eigenvalue weighted by molar-refractivity contribution is 5.28. The molecule has 1 aromatic carbocycles. The number of methoxy groups -OCH3 is 1. The first-order valence-corrected chi connectivity index (χ1v) is 7.83. The maximum absolute atomic E-state index is 5.27. The molecule has 3 nitrogen and oxygen atoms in total. The van der Waals surface area contributed by atoms with Gasteiger partial charge in [0.1, 0.15) is 5.75 Å². The van der Waals surface area contributed by atoms with Gasteiger partial charge in [-0.1, -0.05) is 18.6 Å². The molecule has 1 heterocycles. The maximum atomic E-state index is 5.27. The molecular formula is C17H28N2O. The Morgan fingerprint density at radius 2 is 2.25 bits per heavy atom. The van der Waals surface area contributed by atoms with Crippen molar-refractivity contribution in [2.45, 2.75) is 44.7 Å². The van der Waals surface area contributed by atoms with Gasteiger partial charge in [-0.15, -0.1) is 0 Å². The van der Waals surface area contributed by atoms with Crippen molar-refractivity contribution in [1.29, 1.82) is 0 Å². The molecule has 2 rings (SSSR count). The van der Waals surface area contributed by atoms with Crippen LogP contribution in [0.15, 0.2) is 24.3 Å². The maximum Gasteiger partial charge on any atom is 0.119 e. The zero-order valence-corrected chi connectivity index (χ0v) is 12.9. The molecule has 0 spiro atoms. The predicted octanol–water partition coefficient (Wildman–Crippen LogP) is 3.05. The lowest BCUT2D eigenvalue weighted by atomic mass is 10.0. The van der Waals surface area contributed by atoms with E-state index in [1.165, 1.54) is 44.2 Å². The Labute approximate surface area is 123 Å². The van der Waals surface area contributed by atoms with Crippen LogP contribution >= 0.6 is 0 Å². The Kier molecular flexibility index (Phi) is 6.34. The van der Waals surface area contributed by atoms with E-state index < -0.39 is 0 Å². The van der Waals surface area contributed by atoms with Crippen molar-refractivity contribution in [2.75, 3.05) is 27.2 Å². The van der Waals surface area contributed by atoms with Gasteiger partial charge in [0.2, 0.25) is 0 Å². The zero-order valence-electron chi connectivity index (χ0n) is 12.9. The second-order valence-electron chi connectivity index (χ2n) is 5.88. The standard InChI is InChI=1S/C17H28N2O/c1-19(12-6-9-16-8-3-4-11-18-16)14-15-7-5-10-17(13-15)20-2/h5,7,10,13,16,18H,3-4,6,8-9,11-12,14H2,1-2H3. The first-order chi connectivity index (χ1) is 9.78. The Balaban J connectivity index is 1.67. The second-order valence-corrected chi connectivity index (χ2v) is 5.88. The van der Waals surface area contributed by atoms with Gasteiger partial charge in [-0.25, -0.2) is 0 Å². The largest absolute Gasteiger partial charge is 0.497 e. The van der Waals surface area contributed by atoms with E-state index in [1.807, 2.05) is 6.07 Å². The van der Waals surface area contributed by atoms with Crippen LogP contribution in [0.5, 0.6) is 5.75 Å². The van der Waals surface area contributed by atoms with Crippen LogP contribution in [-0.4, -0.2) is 38.2 Å². The van der Waals surface area contributed by atoms with E-state index in [1.54, 1.807) is 7.11 Å². The van der Waals surface area contributed by atoms with Gasteiger partial charge in [-0.3, -0.25) is 0 Å². The van der Waals surface area contributed by atoms with Gasteiger partial charge in [0.15, 0.2) is 0 Å². The van der Waals surface area contributed by atoms with E-state index in [9.17, 15) is 0 Å². The Morgan fingerprint density at radius 1 is 1.35 bits per heavy atom. The molecule has 20 heavy (non-hydrogen) atoms. The minimum Gasteiger partial charge on any atom is -0.497 e. The molecule has 1 unspecified atom stereocenters. The summed E-state index contributed by atoms with van der Waals surface area (Å²) in [6, 6.07) is 9.11. The van der Waals surface area contributed by atoms with Gasteiger partial charge in [0.05, 0.1) is 7.11 Å². The molecule has 1 aromatic rings. The average Bonchev–Trinajstić information content (AvgIpc) is 2.48. The van der Waals surface area contributed by atoms with Crippen molar-refractivity contribution >= 4 is 0 Å². The van der Waals surface area contributed by atoms with Crippen molar-refractivity contribution in [1.82, 2.24) is 10.2 Å². The number of benzene rings is 1. The molecule has 3 heteroatoms. The number of hydrogen-bond acceptors (Lipinski definition) is 3. The average molecular weight is 276 g/mol. The van der Waals surface area contributed by atoms with E-state index in [-0.39, 0.29) is 0 Å². The molecule has 1 fully saturated rings. The SMILES string of the molecule is COc1cccc(CN(C)CCCC2CCCCN2)c1. The van der Waals surface area contributed by atoms with Gasteiger partial charge >= 0.3 is 0 Å². The quantitative estimate of drug-likeness (QED) is 0.828. The third-order valence-corrected chi connectivity index (χ3v) is 4.09. The lowest BCUT2D eigenvalue weighted by Crippen LogP contribution is -2.34. The lowest BCUT2D eigenvalue weighted by molar-refractivity contribution is 0.297. The van der Waals surface area contributed by atoms with Crippen molar-refractivity contribution in [3.8, 4) is 5.75 Å². The highest BCUT2D eigenvalue weighted by atomic mass is 16.5. The van der Waals surface area contributed by atoms with Crippen molar-refractivity contribution in [3.63, 3.8) is 0 Å². The molecule has 0 radical (unpaired) electrons. The summed E-state index contributed by atoms with van der Waals surface area (Å²) < 4.78 is 5.27. The fourth-order valence-electron chi connectivity index (χ4n) is 2.94. The summed E-state index contributed by atoms with van der Waals surface area (Å²) in [4.78, 5) is 2.40. The number of nitrogens with zero attached hydrogens (tertiary/aromatic N) is 1. The van der Waals surface area contributed by atoms with Gasteiger partial charge in [0.25, 0.3) is 0 Å². The fraction of sp³-hybridized carbons (Fsp3) is 0.647. The van der Waals surface area contributed by atoms with Crippen LogP contribution in [-0.2, 0) is 6.54 Å². The molecule has 0 bridgehead atoms. The van der Waals surface area contributed by atoms with E-state index in [2.05, 4.69) is 35.5 Å². The summed E-state index contributed by atoms with van der Waals surface area (Å²) in [6.45, 7) is 3.37. The molecule has 0 aliphatic carbocycles. The monoisotopic (exact) mass is 276 g/mol. The second kappa shape index (κ2) is 8.28. The fourth-order valence-corrected chi connectivity index (χ4v) is 2.94.